The third-order valence-electron chi connectivity index (χ3n) is 5.44. The van der Waals surface area contributed by atoms with Gasteiger partial charge in [-0.25, -0.2) is 0 Å². The molecule has 4 aromatic rings. The predicted molar refractivity (Wildman–Crippen MR) is 122 cm³/mol. The van der Waals surface area contributed by atoms with Crippen molar-refractivity contribution in [3.63, 3.8) is 0 Å². The van der Waals surface area contributed by atoms with Crippen LogP contribution in [0.4, 0.5) is 0 Å². The van der Waals surface area contributed by atoms with E-state index in [9.17, 15) is 14.7 Å². The van der Waals surface area contributed by atoms with E-state index in [-0.39, 0.29) is 17.9 Å². The van der Waals surface area contributed by atoms with Gasteiger partial charge in [-0.05, 0) is 41.5 Å². The second-order valence-corrected chi connectivity index (χ2v) is 8.41. The van der Waals surface area contributed by atoms with Crippen molar-refractivity contribution >= 4 is 38.6 Å². The SMILES string of the molecule is O=C(C1=C(O)C(=O)N(Cc2cccnc2)C1c1ccccc1)c1cc2cc(Br)ccc2o1. The van der Waals surface area contributed by atoms with Crippen molar-refractivity contribution in [1.29, 1.82) is 0 Å². The van der Waals surface area contributed by atoms with E-state index in [4.69, 9.17) is 4.42 Å². The Morgan fingerprint density at radius 1 is 1.09 bits per heavy atom. The predicted octanol–water partition coefficient (Wildman–Crippen LogP) is 5.37. The third-order valence-corrected chi connectivity index (χ3v) is 5.93. The summed E-state index contributed by atoms with van der Waals surface area (Å²) >= 11 is 3.41. The van der Waals surface area contributed by atoms with Gasteiger partial charge >= 0.3 is 0 Å². The number of furan rings is 1. The minimum atomic E-state index is -0.753. The number of amides is 1. The fourth-order valence-electron chi connectivity index (χ4n) is 3.98. The van der Waals surface area contributed by atoms with Crippen LogP contribution >= 0.6 is 15.9 Å². The lowest BCUT2D eigenvalue weighted by atomic mass is 9.95. The van der Waals surface area contributed by atoms with Crippen molar-refractivity contribution in [2.24, 2.45) is 0 Å². The molecule has 2 aromatic heterocycles. The zero-order chi connectivity index (χ0) is 22.2. The number of ketones is 1. The van der Waals surface area contributed by atoms with Gasteiger partial charge < -0.3 is 14.4 Å². The number of rotatable bonds is 5. The first kappa shape index (κ1) is 20.2. The van der Waals surface area contributed by atoms with Crippen LogP contribution in [-0.2, 0) is 11.3 Å². The molecule has 0 aliphatic carbocycles. The van der Waals surface area contributed by atoms with Crippen LogP contribution in [0.15, 0.2) is 99.3 Å². The first-order valence-corrected chi connectivity index (χ1v) is 10.7. The topological polar surface area (TPSA) is 83.6 Å². The lowest BCUT2D eigenvalue weighted by Crippen LogP contribution is -2.30. The molecule has 32 heavy (non-hydrogen) atoms. The summed E-state index contributed by atoms with van der Waals surface area (Å²) in [6.45, 7) is 0.195. The average Bonchev–Trinajstić information content (AvgIpc) is 3.34. The molecule has 0 saturated heterocycles. The minimum absolute atomic E-state index is 0.00297. The van der Waals surface area contributed by atoms with E-state index in [0.717, 1.165) is 21.0 Å². The zero-order valence-corrected chi connectivity index (χ0v) is 18.3. The van der Waals surface area contributed by atoms with Crippen LogP contribution in [0.3, 0.4) is 0 Å². The van der Waals surface area contributed by atoms with E-state index in [2.05, 4.69) is 20.9 Å². The quantitative estimate of drug-likeness (QED) is 0.381. The Kier molecular flexibility index (Phi) is 5.11. The van der Waals surface area contributed by atoms with Crippen LogP contribution in [0.1, 0.15) is 27.7 Å². The van der Waals surface area contributed by atoms with E-state index >= 15 is 0 Å². The number of carbonyl (C=O) groups excluding carboxylic acids is 2. The summed E-state index contributed by atoms with van der Waals surface area (Å²) in [6, 6.07) is 19.1. The number of hydrogen-bond donors (Lipinski definition) is 1. The molecule has 0 spiro atoms. The maximum Gasteiger partial charge on any atom is 0.290 e. The fraction of sp³-hybridized carbons (Fsp3) is 0.0800. The standard InChI is InChI=1S/C25H17BrN2O4/c26-18-8-9-19-17(11-18)12-20(32-19)23(29)21-22(16-6-2-1-3-7-16)28(25(31)24(21)30)14-15-5-4-10-27-13-15/h1-13,22,30H,14H2. The summed E-state index contributed by atoms with van der Waals surface area (Å²) in [5.41, 5.74) is 2.06. The van der Waals surface area contributed by atoms with Gasteiger partial charge in [0.1, 0.15) is 5.58 Å². The number of fused-ring (bicyclic) bond motifs is 1. The van der Waals surface area contributed by atoms with Crippen molar-refractivity contribution in [1.82, 2.24) is 9.88 Å². The maximum atomic E-state index is 13.5. The largest absolute Gasteiger partial charge is 0.503 e. The molecule has 5 rings (SSSR count). The van der Waals surface area contributed by atoms with Crippen molar-refractivity contribution in [3.8, 4) is 0 Å². The van der Waals surface area contributed by atoms with Crippen LogP contribution in [-0.4, -0.2) is 26.7 Å². The van der Waals surface area contributed by atoms with Gasteiger partial charge in [0.2, 0.25) is 5.78 Å². The number of nitrogens with zero attached hydrogens (tertiary/aromatic N) is 2. The van der Waals surface area contributed by atoms with Gasteiger partial charge in [-0.2, -0.15) is 0 Å². The summed E-state index contributed by atoms with van der Waals surface area (Å²) in [5.74, 6) is -1.62. The number of aliphatic hydroxyl groups excluding tert-OH is 1. The second kappa shape index (κ2) is 8.09. The zero-order valence-electron chi connectivity index (χ0n) is 16.7. The summed E-state index contributed by atoms with van der Waals surface area (Å²) in [7, 11) is 0. The molecule has 3 heterocycles. The third kappa shape index (κ3) is 3.50. The van der Waals surface area contributed by atoms with Gasteiger partial charge in [-0.15, -0.1) is 0 Å². The Hall–Kier alpha value is -3.71. The van der Waals surface area contributed by atoms with Crippen LogP contribution in [0.25, 0.3) is 11.0 Å². The lowest BCUT2D eigenvalue weighted by Gasteiger charge is -2.26. The second-order valence-electron chi connectivity index (χ2n) is 7.49. The smallest absolute Gasteiger partial charge is 0.290 e. The lowest BCUT2D eigenvalue weighted by molar-refractivity contribution is -0.130. The summed E-state index contributed by atoms with van der Waals surface area (Å²) in [6.07, 6.45) is 3.30. The van der Waals surface area contributed by atoms with Crippen LogP contribution in [0, 0.1) is 0 Å². The Morgan fingerprint density at radius 2 is 1.91 bits per heavy atom. The fourth-order valence-corrected chi connectivity index (χ4v) is 4.36. The number of Topliss-reactive ketones (excluding diaryl/α,β-unsaturated/α-hetero) is 1. The molecular weight excluding hydrogens is 472 g/mol. The molecule has 6 nitrogen and oxygen atoms in total. The van der Waals surface area contributed by atoms with Gasteiger partial charge in [0.15, 0.2) is 11.5 Å². The number of aliphatic hydroxyl groups is 1. The molecule has 1 N–H and O–H groups in total. The van der Waals surface area contributed by atoms with Crippen molar-refractivity contribution in [3.05, 3.63) is 112 Å². The van der Waals surface area contributed by atoms with E-state index in [0.29, 0.717) is 5.58 Å². The van der Waals surface area contributed by atoms with Crippen molar-refractivity contribution in [2.45, 2.75) is 12.6 Å². The monoisotopic (exact) mass is 488 g/mol. The molecule has 0 bridgehead atoms. The Bertz CT molecular complexity index is 1360. The Labute approximate surface area is 191 Å². The molecule has 1 aliphatic rings. The number of aromatic nitrogens is 1. The minimum Gasteiger partial charge on any atom is -0.503 e. The van der Waals surface area contributed by atoms with E-state index in [1.54, 1.807) is 30.6 Å². The van der Waals surface area contributed by atoms with Gasteiger partial charge in [0.05, 0.1) is 11.6 Å². The number of benzene rings is 2. The van der Waals surface area contributed by atoms with Gasteiger partial charge in [-0.1, -0.05) is 52.3 Å². The molecule has 1 atom stereocenters. The Morgan fingerprint density at radius 3 is 2.66 bits per heavy atom. The number of hydrogen-bond acceptors (Lipinski definition) is 5. The highest BCUT2D eigenvalue weighted by Gasteiger charge is 2.44. The molecule has 0 saturated carbocycles. The highest BCUT2D eigenvalue weighted by molar-refractivity contribution is 9.10. The van der Waals surface area contributed by atoms with E-state index < -0.39 is 23.5 Å². The first-order valence-electron chi connectivity index (χ1n) is 9.94. The molecule has 1 amide bonds. The number of carbonyl (C=O) groups is 2. The highest BCUT2D eigenvalue weighted by atomic mass is 79.9. The molecule has 1 aliphatic heterocycles. The maximum absolute atomic E-state index is 13.5. The van der Waals surface area contributed by atoms with Gasteiger partial charge in [-0.3, -0.25) is 14.6 Å². The number of pyridine rings is 1. The van der Waals surface area contributed by atoms with E-state index in [1.807, 2.05) is 48.5 Å². The molecule has 0 radical (unpaired) electrons. The van der Waals surface area contributed by atoms with Gasteiger partial charge in [0, 0.05) is 28.8 Å². The molecule has 7 heteroatoms. The van der Waals surface area contributed by atoms with Crippen molar-refractivity contribution < 1.29 is 19.1 Å². The molecular formula is C25H17BrN2O4. The molecule has 2 aromatic carbocycles. The average molecular weight is 489 g/mol. The summed E-state index contributed by atoms with van der Waals surface area (Å²) in [4.78, 5) is 32.2. The Balaban J connectivity index is 1.59. The first-order chi connectivity index (χ1) is 15.5. The summed E-state index contributed by atoms with van der Waals surface area (Å²) < 4.78 is 6.62. The normalized spacial score (nSPS) is 16.2. The highest BCUT2D eigenvalue weighted by Crippen LogP contribution is 2.40. The number of halogens is 1. The summed E-state index contributed by atoms with van der Waals surface area (Å²) in [5, 5.41) is 11.5. The van der Waals surface area contributed by atoms with Crippen LogP contribution < -0.4 is 0 Å². The molecule has 0 fully saturated rings. The van der Waals surface area contributed by atoms with Crippen molar-refractivity contribution in [2.75, 3.05) is 0 Å². The van der Waals surface area contributed by atoms with Gasteiger partial charge in [0.25, 0.3) is 5.91 Å². The molecule has 1 unspecified atom stereocenters. The molecule has 158 valence electrons. The van der Waals surface area contributed by atoms with E-state index in [1.165, 1.54) is 4.90 Å². The van der Waals surface area contributed by atoms with Crippen LogP contribution in [0.2, 0.25) is 0 Å². The van der Waals surface area contributed by atoms with Crippen LogP contribution in [0.5, 0.6) is 0 Å².